The maximum atomic E-state index is 4.08. The average molecular weight is 254 g/mol. The molecule has 0 atom stereocenters. The van der Waals surface area contributed by atoms with Crippen LogP contribution in [0.15, 0.2) is 42.7 Å². The highest BCUT2D eigenvalue weighted by molar-refractivity contribution is 5.35. The fraction of sp³-hybridized carbons (Fsp3) is 0.353. The number of nitrogens with zero attached hydrogens (tertiary/aromatic N) is 1. The van der Waals surface area contributed by atoms with E-state index < -0.39 is 0 Å². The third-order valence-corrected chi connectivity index (χ3v) is 3.25. The Kier molecular flexibility index (Phi) is 5.10. The molecule has 0 saturated carbocycles. The highest BCUT2D eigenvalue weighted by Crippen LogP contribution is 2.16. The predicted molar refractivity (Wildman–Crippen MR) is 80.2 cm³/mol. The van der Waals surface area contributed by atoms with Crippen molar-refractivity contribution in [3.05, 3.63) is 65.0 Å². The van der Waals surface area contributed by atoms with Gasteiger partial charge in [0.05, 0.1) is 0 Å². The second-order valence-electron chi connectivity index (χ2n) is 4.98. The Morgan fingerprint density at radius 3 is 2.58 bits per heavy atom. The van der Waals surface area contributed by atoms with Gasteiger partial charge in [-0.05, 0) is 55.1 Å². The molecule has 0 aliphatic heterocycles. The van der Waals surface area contributed by atoms with Crippen molar-refractivity contribution in [3.8, 4) is 0 Å². The van der Waals surface area contributed by atoms with Gasteiger partial charge in [0.15, 0.2) is 0 Å². The molecular formula is C17H22N2. The van der Waals surface area contributed by atoms with E-state index in [1.807, 2.05) is 12.4 Å². The van der Waals surface area contributed by atoms with Crippen LogP contribution in [0.5, 0.6) is 0 Å². The summed E-state index contributed by atoms with van der Waals surface area (Å²) in [5.74, 6) is 0. The van der Waals surface area contributed by atoms with E-state index in [0.717, 1.165) is 19.5 Å². The molecule has 2 aromatic rings. The first-order chi connectivity index (χ1) is 9.29. The Bertz CT molecular complexity index is 506. The van der Waals surface area contributed by atoms with Crippen molar-refractivity contribution in [1.82, 2.24) is 10.3 Å². The summed E-state index contributed by atoms with van der Waals surface area (Å²) in [4.78, 5) is 4.08. The van der Waals surface area contributed by atoms with Crippen LogP contribution in [-0.2, 0) is 13.0 Å². The zero-order valence-electron chi connectivity index (χ0n) is 11.8. The zero-order valence-corrected chi connectivity index (χ0v) is 11.8. The van der Waals surface area contributed by atoms with Crippen LogP contribution in [0.2, 0.25) is 0 Å². The minimum atomic E-state index is 0.953. The van der Waals surface area contributed by atoms with Crippen molar-refractivity contribution in [3.63, 3.8) is 0 Å². The lowest BCUT2D eigenvalue weighted by Crippen LogP contribution is -2.15. The van der Waals surface area contributed by atoms with Crippen LogP contribution in [0.3, 0.4) is 0 Å². The molecule has 0 spiro atoms. The fourth-order valence-corrected chi connectivity index (χ4v) is 2.21. The lowest BCUT2D eigenvalue weighted by molar-refractivity contribution is 0.672. The van der Waals surface area contributed by atoms with Crippen LogP contribution < -0.4 is 5.32 Å². The number of aryl methyl sites for hydroxylation is 1. The number of pyridine rings is 1. The molecular weight excluding hydrogens is 232 g/mol. The van der Waals surface area contributed by atoms with E-state index in [0.29, 0.717) is 0 Å². The van der Waals surface area contributed by atoms with Crippen molar-refractivity contribution < 1.29 is 0 Å². The van der Waals surface area contributed by atoms with Gasteiger partial charge in [-0.15, -0.1) is 0 Å². The minimum Gasteiger partial charge on any atom is -0.313 e. The molecule has 0 bridgehead atoms. The summed E-state index contributed by atoms with van der Waals surface area (Å²) in [6.07, 6.45) is 5.87. The van der Waals surface area contributed by atoms with E-state index in [4.69, 9.17) is 0 Å². The van der Waals surface area contributed by atoms with Crippen LogP contribution in [0.1, 0.15) is 35.6 Å². The van der Waals surface area contributed by atoms with Crippen molar-refractivity contribution in [1.29, 1.82) is 0 Å². The van der Waals surface area contributed by atoms with Gasteiger partial charge in [-0.1, -0.05) is 30.7 Å². The van der Waals surface area contributed by atoms with E-state index in [2.05, 4.69) is 54.5 Å². The van der Waals surface area contributed by atoms with E-state index in [1.54, 1.807) is 0 Å². The first kappa shape index (κ1) is 13.8. The number of nitrogens with one attached hydrogen (secondary N) is 1. The van der Waals surface area contributed by atoms with E-state index >= 15 is 0 Å². The second-order valence-corrected chi connectivity index (χ2v) is 4.98. The summed E-state index contributed by atoms with van der Waals surface area (Å²) in [7, 11) is 0. The van der Waals surface area contributed by atoms with Crippen molar-refractivity contribution in [2.75, 3.05) is 6.54 Å². The minimum absolute atomic E-state index is 0.953. The first-order valence-corrected chi connectivity index (χ1v) is 6.97. The predicted octanol–water partition coefficient (Wildman–Crippen LogP) is 3.48. The molecule has 1 aromatic carbocycles. The second kappa shape index (κ2) is 7.05. The van der Waals surface area contributed by atoms with E-state index in [1.165, 1.54) is 28.7 Å². The molecule has 0 fully saturated rings. The lowest BCUT2D eigenvalue weighted by Gasteiger charge is -2.11. The van der Waals surface area contributed by atoms with Crippen LogP contribution >= 0.6 is 0 Å². The fourth-order valence-electron chi connectivity index (χ4n) is 2.21. The van der Waals surface area contributed by atoms with Gasteiger partial charge in [0.1, 0.15) is 0 Å². The van der Waals surface area contributed by atoms with Crippen molar-refractivity contribution >= 4 is 0 Å². The normalized spacial score (nSPS) is 10.6. The lowest BCUT2D eigenvalue weighted by atomic mass is 9.98. The molecule has 1 aromatic heterocycles. The Hall–Kier alpha value is -1.67. The van der Waals surface area contributed by atoms with Gasteiger partial charge in [0.25, 0.3) is 0 Å². The Labute approximate surface area is 115 Å². The Morgan fingerprint density at radius 2 is 1.84 bits per heavy atom. The number of benzene rings is 1. The van der Waals surface area contributed by atoms with Gasteiger partial charge < -0.3 is 5.32 Å². The summed E-state index contributed by atoms with van der Waals surface area (Å²) < 4.78 is 0. The molecule has 0 saturated heterocycles. The van der Waals surface area contributed by atoms with Gasteiger partial charge in [-0.25, -0.2) is 0 Å². The monoisotopic (exact) mass is 254 g/mol. The van der Waals surface area contributed by atoms with Crippen LogP contribution in [0, 0.1) is 6.92 Å². The molecule has 100 valence electrons. The van der Waals surface area contributed by atoms with E-state index in [-0.39, 0.29) is 0 Å². The SMILES string of the molecule is CCCNCc1ccc(C)cc1Cc1ccncc1. The van der Waals surface area contributed by atoms with Gasteiger partial charge >= 0.3 is 0 Å². The summed E-state index contributed by atoms with van der Waals surface area (Å²) in [5.41, 5.74) is 5.45. The molecule has 1 heterocycles. The smallest absolute Gasteiger partial charge is 0.0270 e. The summed E-state index contributed by atoms with van der Waals surface area (Å²) in [6.45, 7) is 6.37. The van der Waals surface area contributed by atoms with E-state index in [9.17, 15) is 0 Å². The van der Waals surface area contributed by atoms with Gasteiger partial charge in [-0.3, -0.25) is 4.98 Å². The molecule has 1 N–H and O–H groups in total. The average Bonchev–Trinajstić information content (AvgIpc) is 2.43. The van der Waals surface area contributed by atoms with Crippen LogP contribution in [-0.4, -0.2) is 11.5 Å². The summed E-state index contributed by atoms with van der Waals surface area (Å²) >= 11 is 0. The summed E-state index contributed by atoms with van der Waals surface area (Å²) in [6, 6.07) is 10.9. The molecule has 0 amide bonds. The summed E-state index contributed by atoms with van der Waals surface area (Å²) in [5, 5.41) is 3.48. The molecule has 0 radical (unpaired) electrons. The third kappa shape index (κ3) is 4.18. The number of rotatable bonds is 6. The van der Waals surface area contributed by atoms with Crippen LogP contribution in [0.4, 0.5) is 0 Å². The quantitative estimate of drug-likeness (QED) is 0.798. The van der Waals surface area contributed by atoms with Crippen LogP contribution in [0.25, 0.3) is 0 Å². The highest BCUT2D eigenvalue weighted by atomic mass is 14.8. The number of hydrogen-bond acceptors (Lipinski definition) is 2. The molecule has 0 aliphatic rings. The van der Waals surface area contributed by atoms with Crippen molar-refractivity contribution in [2.45, 2.75) is 33.2 Å². The molecule has 2 nitrogen and oxygen atoms in total. The Balaban J connectivity index is 2.15. The third-order valence-electron chi connectivity index (χ3n) is 3.25. The maximum Gasteiger partial charge on any atom is 0.0270 e. The van der Waals surface area contributed by atoms with Gasteiger partial charge in [-0.2, -0.15) is 0 Å². The van der Waals surface area contributed by atoms with Gasteiger partial charge in [0, 0.05) is 18.9 Å². The van der Waals surface area contributed by atoms with Gasteiger partial charge in [0.2, 0.25) is 0 Å². The number of hydrogen-bond donors (Lipinski definition) is 1. The standard InChI is InChI=1S/C17H22N2/c1-3-8-19-13-16-5-4-14(2)11-17(16)12-15-6-9-18-10-7-15/h4-7,9-11,19H,3,8,12-13H2,1-2H3. The number of aromatic nitrogens is 1. The largest absolute Gasteiger partial charge is 0.313 e. The highest BCUT2D eigenvalue weighted by Gasteiger charge is 2.04. The Morgan fingerprint density at radius 1 is 1.05 bits per heavy atom. The topological polar surface area (TPSA) is 24.9 Å². The molecule has 0 aliphatic carbocycles. The molecule has 2 heteroatoms. The van der Waals surface area contributed by atoms with Crippen molar-refractivity contribution in [2.24, 2.45) is 0 Å². The molecule has 19 heavy (non-hydrogen) atoms. The zero-order chi connectivity index (χ0) is 13.5. The molecule has 2 rings (SSSR count). The molecule has 0 unspecified atom stereocenters. The first-order valence-electron chi connectivity index (χ1n) is 6.97. The maximum absolute atomic E-state index is 4.08.